The lowest BCUT2D eigenvalue weighted by Crippen LogP contribution is -2.03. The molecule has 0 spiro atoms. The molecular formula is C10H14O5. The van der Waals surface area contributed by atoms with Crippen LogP contribution in [0.3, 0.4) is 0 Å². The minimum Gasteiger partial charge on any atom is -0.478 e. The minimum absolute atomic E-state index is 0.00238. The average molecular weight is 214 g/mol. The van der Waals surface area contributed by atoms with Crippen LogP contribution in [0.25, 0.3) is 0 Å². The molecule has 0 aliphatic carbocycles. The monoisotopic (exact) mass is 214 g/mol. The van der Waals surface area contributed by atoms with Crippen LogP contribution in [-0.4, -0.2) is 33.9 Å². The predicted octanol–water partition coefficient (Wildman–Crippen LogP) is 0.801. The molecule has 0 amide bonds. The minimum atomic E-state index is -1.14. The fourth-order valence-corrected chi connectivity index (χ4v) is 0.900. The van der Waals surface area contributed by atoms with E-state index in [1.165, 1.54) is 6.08 Å². The molecule has 84 valence electrons. The highest BCUT2D eigenvalue weighted by atomic mass is 16.4. The summed E-state index contributed by atoms with van der Waals surface area (Å²) in [5, 5.41) is 25.7. The van der Waals surface area contributed by atoms with Gasteiger partial charge in [-0.2, -0.15) is 0 Å². The van der Waals surface area contributed by atoms with Crippen LogP contribution < -0.4 is 0 Å². The molecule has 0 fully saturated rings. The van der Waals surface area contributed by atoms with Crippen molar-refractivity contribution < 1.29 is 24.9 Å². The molecule has 0 unspecified atom stereocenters. The summed E-state index contributed by atoms with van der Waals surface area (Å²) < 4.78 is 0. The standard InChI is InChI=1S/C10H14O5/c1-7(9(12)13)4-5-8(10(14)15)3-2-6-11/h5,11H,1-4,6H2,(H,12,13)(H,14,15). The van der Waals surface area contributed by atoms with Crippen molar-refractivity contribution in [2.24, 2.45) is 0 Å². The number of carboxylic acids is 2. The smallest absolute Gasteiger partial charge is 0.331 e. The third-order valence-electron chi connectivity index (χ3n) is 1.78. The van der Waals surface area contributed by atoms with Crippen molar-refractivity contribution in [3.8, 4) is 0 Å². The number of carbonyl (C=O) groups is 2. The Morgan fingerprint density at radius 3 is 2.20 bits per heavy atom. The number of carboxylic acid groups (broad SMARTS) is 2. The molecule has 0 aromatic carbocycles. The van der Waals surface area contributed by atoms with Gasteiger partial charge in [0.05, 0.1) is 0 Å². The van der Waals surface area contributed by atoms with Gasteiger partial charge in [-0.1, -0.05) is 12.7 Å². The first-order chi connectivity index (χ1) is 6.99. The maximum absolute atomic E-state index is 10.7. The molecule has 0 rings (SSSR count). The molecular weight excluding hydrogens is 200 g/mol. The molecule has 5 nitrogen and oxygen atoms in total. The van der Waals surface area contributed by atoms with E-state index in [1.54, 1.807) is 0 Å². The van der Waals surface area contributed by atoms with Crippen molar-refractivity contribution in [2.45, 2.75) is 19.3 Å². The van der Waals surface area contributed by atoms with E-state index in [2.05, 4.69) is 6.58 Å². The molecule has 0 saturated carbocycles. The van der Waals surface area contributed by atoms with Crippen LogP contribution in [0.15, 0.2) is 23.8 Å². The van der Waals surface area contributed by atoms with Gasteiger partial charge in [0.25, 0.3) is 0 Å². The van der Waals surface area contributed by atoms with Crippen LogP contribution in [0.4, 0.5) is 0 Å². The van der Waals surface area contributed by atoms with Crippen LogP contribution in [0.5, 0.6) is 0 Å². The van der Waals surface area contributed by atoms with Gasteiger partial charge < -0.3 is 15.3 Å². The Bertz CT molecular complexity index is 290. The Hall–Kier alpha value is -1.62. The van der Waals surface area contributed by atoms with Gasteiger partial charge in [-0.3, -0.25) is 0 Å². The summed E-state index contributed by atoms with van der Waals surface area (Å²) in [7, 11) is 0. The Labute approximate surface area is 87.4 Å². The van der Waals surface area contributed by atoms with E-state index in [0.29, 0.717) is 6.42 Å². The first kappa shape index (κ1) is 13.4. The van der Waals surface area contributed by atoms with Gasteiger partial charge in [-0.05, 0) is 19.3 Å². The highest BCUT2D eigenvalue weighted by molar-refractivity contribution is 5.88. The predicted molar refractivity (Wildman–Crippen MR) is 53.4 cm³/mol. The number of aliphatic carboxylic acids is 2. The van der Waals surface area contributed by atoms with Crippen molar-refractivity contribution in [2.75, 3.05) is 6.61 Å². The maximum Gasteiger partial charge on any atom is 0.331 e. The second-order valence-electron chi connectivity index (χ2n) is 2.97. The number of aliphatic hydroxyl groups is 1. The van der Waals surface area contributed by atoms with Crippen LogP contribution in [0.1, 0.15) is 19.3 Å². The molecule has 0 aromatic rings. The van der Waals surface area contributed by atoms with Crippen molar-refractivity contribution in [1.29, 1.82) is 0 Å². The molecule has 0 bridgehead atoms. The zero-order valence-corrected chi connectivity index (χ0v) is 8.27. The van der Waals surface area contributed by atoms with E-state index in [0.717, 1.165) is 0 Å². The summed E-state index contributed by atoms with van der Waals surface area (Å²) in [6.45, 7) is 3.19. The van der Waals surface area contributed by atoms with Gasteiger partial charge in [-0.25, -0.2) is 9.59 Å². The van der Waals surface area contributed by atoms with E-state index < -0.39 is 11.9 Å². The van der Waals surface area contributed by atoms with Gasteiger partial charge in [0.2, 0.25) is 0 Å². The molecule has 5 heteroatoms. The van der Waals surface area contributed by atoms with Crippen LogP contribution in [-0.2, 0) is 9.59 Å². The summed E-state index contributed by atoms with van der Waals surface area (Å²) in [4.78, 5) is 21.0. The topological polar surface area (TPSA) is 94.8 Å². The fraction of sp³-hybridized carbons (Fsp3) is 0.400. The number of rotatable bonds is 7. The van der Waals surface area contributed by atoms with Gasteiger partial charge in [-0.15, -0.1) is 0 Å². The summed E-state index contributed by atoms with van der Waals surface area (Å²) in [6, 6.07) is 0. The molecule has 0 aromatic heterocycles. The lowest BCUT2D eigenvalue weighted by molar-refractivity contribution is -0.134. The molecule has 0 heterocycles. The third kappa shape index (κ3) is 5.64. The van der Waals surface area contributed by atoms with E-state index in [4.69, 9.17) is 15.3 Å². The van der Waals surface area contributed by atoms with Crippen LogP contribution in [0, 0.1) is 0 Å². The lowest BCUT2D eigenvalue weighted by Gasteiger charge is -2.01. The van der Waals surface area contributed by atoms with Gasteiger partial charge in [0.15, 0.2) is 0 Å². The van der Waals surface area contributed by atoms with E-state index >= 15 is 0 Å². The van der Waals surface area contributed by atoms with Gasteiger partial charge in [0.1, 0.15) is 0 Å². The molecule has 0 aliphatic heterocycles. The van der Waals surface area contributed by atoms with Crippen LogP contribution in [0.2, 0.25) is 0 Å². The summed E-state index contributed by atoms with van der Waals surface area (Å²) in [5.41, 5.74) is 0.0456. The van der Waals surface area contributed by atoms with E-state index in [1.807, 2.05) is 0 Å². The zero-order valence-electron chi connectivity index (χ0n) is 8.27. The van der Waals surface area contributed by atoms with Crippen LogP contribution >= 0.6 is 0 Å². The zero-order chi connectivity index (χ0) is 11.8. The van der Waals surface area contributed by atoms with Crippen molar-refractivity contribution >= 4 is 11.9 Å². The summed E-state index contributed by atoms with van der Waals surface area (Å²) in [6.07, 6.45) is 1.88. The summed E-state index contributed by atoms with van der Waals surface area (Å²) >= 11 is 0. The maximum atomic E-state index is 10.7. The Kier molecular flexibility index (Phi) is 6.05. The fourth-order valence-electron chi connectivity index (χ4n) is 0.900. The quantitative estimate of drug-likeness (QED) is 0.545. The van der Waals surface area contributed by atoms with E-state index in [-0.39, 0.29) is 30.6 Å². The molecule has 15 heavy (non-hydrogen) atoms. The largest absolute Gasteiger partial charge is 0.478 e. The number of hydrogen-bond acceptors (Lipinski definition) is 3. The highest BCUT2D eigenvalue weighted by Crippen LogP contribution is 2.09. The average Bonchev–Trinajstić information content (AvgIpc) is 2.16. The number of aliphatic hydroxyl groups excluding tert-OH is 1. The number of allylic oxidation sites excluding steroid dienone is 1. The lowest BCUT2D eigenvalue weighted by atomic mass is 10.1. The van der Waals surface area contributed by atoms with Gasteiger partial charge in [0, 0.05) is 17.8 Å². The van der Waals surface area contributed by atoms with Crippen molar-refractivity contribution in [3.63, 3.8) is 0 Å². The van der Waals surface area contributed by atoms with Crippen molar-refractivity contribution in [1.82, 2.24) is 0 Å². The highest BCUT2D eigenvalue weighted by Gasteiger charge is 2.08. The van der Waals surface area contributed by atoms with Gasteiger partial charge >= 0.3 is 11.9 Å². The second kappa shape index (κ2) is 6.78. The first-order valence-corrected chi connectivity index (χ1v) is 4.43. The molecule has 0 atom stereocenters. The summed E-state index contributed by atoms with van der Waals surface area (Å²) in [5.74, 6) is -2.24. The number of hydrogen-bond donors (Lipinski definition) is 3. The molecule has 0 radical (unpaired) electrons. The SMILES string of the molecule is C=C(CC=C(CCCO)C(=O)O)C(=O)O. The first-order valence-electron chi connectivity index (χ1n) is 4.43. The Morgan fingerprint density at radius 2 is 1.80 bits per heavy atom. The molecule has 0 saturated heterocycles. The normalized spacial score (nSPS) is 11.1. The Balaban J connectivity index is 4.35. The van der Waals surface area contributed by atoms with E-state index in [9.17, 15) is 9.59 Å². The molecule has 3 N–H and O–H groups in total. The molecule has 0 aliphatic rings. The third-order valence-corrected chi connectivity index (χ3v) is 1.78. The Morgan fingerprint density at radius 1 is 1.20 bits per heavy atom. The van der Waals surface area contributed by atoms with Crippen molar-refractivity contribution in [3.05, 3.63) is 23.8 Å². The second-order valence-corrected chi connectivity index (χ2v) is 2.97.